The van der Waals surface area contributed by atoms with Crippen LogP contribution in [0.4, 0.5) is 5.69 Å². The molecule has 0 radical (unpaired) electrons. The van der Waals surface area contributed by atoms with Crippen molar-refractivity contribution in [2.75, 3.05) is 0 Å². The maximum atomic E-state index is 12.4. The number of nitro benzene ring substituents is 1. The zero-order valence-corrected chi connectivity index (χ0v) is 14.7. The molecule has 0 aromatic heterocycles. The van der Waals surface area contributed by atoms with Crippen molar-refractivity contribution in [1.29, 1.82) is 0 Å². The van der Waals surface area contributed by atoms with Crippen molar-refractivity contribution in [3.63, 3.8) is 0 Å². The summed E-state index contributed by atoms with van der Waals surface area (Å²) in [5.74, 6) is -0.909. The van der Waals surface area contributed by atoms with Crippen LogP contribution in [0, 0.1) is 10.1 Å². The van der Waals surface area contributed by atoms with Gasteiger partial charge >= 0.3 is 5.97 Å². The SMILES string of the molecule is C[C@H](C(=O)OCc1ccc(Cl)cc1)S(=O)(=O)c1ccc([N+](=O)[O-])cc1. The van der Waals surface area contributed by atoms with Crippen LogP contribution in [0.1, 0.15) is 12.5 Å². The second-order valence-corrected chi connectivity index (χ2v) is 7.88. The molecule has 0 aliphatic rings. The molecule has 25 heavy (non-hydrogen) atoms. The number of carbonyl (C=O) groups excluding carboxylic acids is 1. The Hall–Kier alpha value is -2.45. The van der Waals surface area contributed by atoms with Crippen molar-refractivity contribution >= 4 is 33.1 Å². The molecular formula is C16H14ClNO6S. The lowest BCUT2D eigenvalue weighted by Gasteiger charge is -2.13. The molecule has 0 aliphatic heterocycles. The van der Waals surface area contributed by atoms with Crippen molar-refractivity contribution in [2.45, 2.75) is 23.7 Å². The fourth-order valence-electron chi connectivity index (χ4n) is 1.94. The van der Waals surface area contributed by atoms with Gasteiger partial charge in [-0.1, -0.05) is 23.7 Å². The summed E-state index contributed by atoms with van der Waals surface area (Å²) >= 11 is 5.75. The highest BCUT2D eigenvalue weighted by atomic mass is 35.5. The van der Waals surface area contributed by atoms with Gasteiger partial charge in [-0.15, -0.1) is 0 Å². The number of halogens is 1. The van der Waals surface area contributed by atoms with E-state index in [0.717, 1.165) is 24.3 Å². The molecule has 0 fully saturated rings. The number of hydrogen-bond donors (Lipinski definition) is 0. The molecule has 7 nitrogen and oxygen atoms in total. The van der Waals surface area contributed by atoms with Crippen molar-refractivity contribution in [1.82, 2.24) is 0 Å². The molecule has 0 saturated carbocycles. The highest BCUT2D eigenvalue weighted by Gasteiger charge is 2.31. The van der Waals surface area contributed by atoms with Gasteiger partial charge < -0.3 is 4.74 Å². The van der Waals surface area contributed by atoms with Gasteiger partial charge in [0.25, 0.3) is 5.69 Å². The molecule has 0 aliphatic carbocycles. The molecule has 0 heterocycles. The third-order valence-electron chi connectivity index (χ3n) is 3.47. The van der Waals surface area contributed by atoms with Crippen LogP contribution in [0.5, 0.6) is 0 Å². The smallest absolute Gasteiger partial charge is 0.324 e. The van der Waals surface area contributed by atoms with E-state index < -0.39 is 26.0 Å². The van der Waals surface area contributed by atoms with Gasteiger partial charge in [-0.3, -0.25) is 14.9 Å². The van der Waals surface area contributed by atoms with Gasteiger partial charge in [0.2, 0.25) is 0 Å². The molecule has 0 saturated heterocycles. The fourth-order valence-corrected chi connectivity index (χ4v) is 3.31. The molecule has 0 unspecified atom stereocenters. The van der Waals surface area contributed by atoms with E-state index in [1.54, 1.807) is 24.3 Å². The third-order valence-corrected chi connectivity index (χ3v) is 5.77. The molecule has 2 rings (SSSR count). The topological polar surface area (TPSA) is 104 Å². The Labute approximate surface area is 149 Å². The zero-order valence-electron chi connectivity index (χ0n) is 13.1. The van der Waals surface area contributed by atoms with Gasteiger partial charge in [-0.25, -0.2) is 8.42 Å². The molecule has 0 spiro atoms. The van der Waals surface area contributed by atoms with Crippen molar-refractivity contribution in [2.24, 2.45) is 0 Å². The molecule has 0 N–H and O–H groups in total. The number of esters is 1. The Morgan fingerprint density at radius 3 is 2.24 bits per heavy atom. The number of nitrogens with zero attached hydrogens (tertiary/aromatic N) is 1. The van der Waals surface area contributed by atoms with Crippen LogP contribution >= 0.6 is 11.6 Å². The Balaban J connectivity index is 2.08. The van der Waals surface area contributed by atoms with Crippen LogP contribution in [0.15, 0.2) is 53.4 Å². The minimum absolute atomic E-state index is 0.0872. The summed E-state index contributed by atoms with van der Waals surface area (Å²) in [6.45, 7) is 1.12. The molecule has 0 bridgehead atoms. The first-order valence-corrected chi connectivity index (χ1v) is 9.03. The van der Waals surface area contributed by atoms with E-state index in [2.05, 4.69) is 0 Å². The largest absolute Gasteiger partial charge is 0.460 e. The Morgan fingerprint density at radius 2 is 1.72 bits per heavy atom. The first-order chi connectivity index (χ1) is 11.7. The average molecular weight is 384 g/mol. The minimum atomic E-state index is -4.01. The minimum Gasteiger partial charge on any atom is -0.460 e. The summed E-state index contributed by atoms with van der Waals surface area (Å²) in [4.78, 5) is 21.8. The Morgan fingerprint density at radius 1 is 1.16 bits per heavy atom. The average Bonchev–Trinajstić information content (AvgIpc) is 2.60. The highest BCUT2D eigenvalue weighted by Crippen LogP contribution is 2.21. The summed E-state index contributed by atoms with van der Waals surface area (Å²) in [7, 11) is -4.01. The first kappa shape index (κ1) is 18.9. The van der Waals surface area contributed by atoms with E-state index >= 15 is 0 Å². The van der Waals surface area contributed by atoms with Crippen molar-refractivity contribution in [3.05, 3.63) is 69.2 Å². The van der Waals surface area contributed by atoms with Crippen LogP contribution < -0.4 is 0 Å². The number of benzene rings is 2. The van der Waals surface area contributed by atoms with Crippen LogP contribution in [0.2, 0.25) is 5.02 Å². The molecule has 2 aromatic rings. The zero-order chi connectivity index (χ0) is 18.6. The Bertz CT molecular complexity index is 878. The maximum Gasteiger partial charge on any atom is 0.324 e. The number of nitro groups is 1. The van der Waals surface area contributed by atoms with Crippen LogP contribution in [0.3, 0.4) is 0 Å². The molecule has 2 aromatic carbocycles. The van der Waals surface area contributed by atoms with Gasteiger partial charge in [0, 0.05) is 17.2 Å². The lowest BCUT2D eigenvalue weighted by atomic mass is 10.2. The van der Waals surface area contributed by atoms with E-state index in [0.29, 0.717) is 10.6 Å². The highest BCUT2D eigenvalue weighted by molar-refractivity contribution is 7.92. The summed E-state index contributed by atoms with van der Waals surface area (Å²) in [5.41, 5.74) is 0.426. The lowest BCUT2D eigenvalue weighted by molar-refractivity contribution is -0.384. The van der Waals surface area contributed by atoms with Crippen LogP contribution in [-0.2, 0) is 26.0 Å². The predicted molar refractivity (Wildman–Crippen MR) is 91.0 cm³/mol. The summed E-state index contributed by atoms with van der Waals surface area (Å²) in [6, 6.07) is 10.9. The first-order valence-electron chi connectivity index (χ1n) is 7.11. The molecule has 9 heteroatoms. The number of non-ortho nitro benzene ring substituents is 1. The van der Waals surface area contributed by atoms with Crippen molar-refractivity contribution < 1.29 is 22.9 Å². The number of ether oxygens (including phenoxy) is 1. The Kier molecular flexibility index (Phi) is 5.76. The quantitative estimate of drug-likeness (QED) is 0.431. The van der Waals surface area contributed by atoms with E-state index in [-0.39, 0.29) is 17.2 Å². The number of rotatable bonds is 6. The normalized spacial score (nSPS) is 12.4. The molecular weight excluding hydrogens is 370 g/mol. The summed E-state index contributed by atoms with van der Waals surface area (Å²) in [5, 5.41) is 9.71. The van der Waals surface area contributed by atoms with Gasteiger partial charge in [-0.2, -0.15) is 0 Å². The van der Waals surface area contributed by atoms with Gasteiger partial charge in [0.05, 0.1) is 9.82 Å². The van der Waals surface area contributed by atoms with Crippen LogP contribution in [-0.4, -0.2) is 24.6 Å². The van der Waals surface area contributed by atoms with Crippen LogP contribution in [0.25, 0.3) is 0 Å². The molecule has 0 amide bonds. The lowest BCUT2D eigenvalue weighted by Crippen LogP contribution is -2.29. The fraction of sp³-hybridized carbons (Fsp3) is 0.188. The van der Waals surface area contributed by atoms with E-state index in [1.807, 2.05) is 0 Å². The summed E-state index contributed by atoms with van der Waals surface area (Å²) in [6.07, 6.45) is 0. The second kappa shape index (κ2) is 7.62. The second-order valence-electron chi connectivity index (χ2n) is 5.17. The van der Waals surface area contributed by atoms with Gasteiger partial charge in [0.1, 0.15) is 6.61 Å². The maximum absolute atomic E-state index is 12.4. The number of carbonyl (C=O) groups is 1. The molecule has 1 atom stereocenters. The van der Waals surface area contributed by atoms with Crippen molar-refractivity contribution in [3.8, 4) is 0 Å². The molecule has 132 valence electrons. The monoisotopic (exact) mass is 383 g/mol. The number of sulfone groups is 1. The van der Waals surface area contributed by atoms with Gasteiger partial charge in [0.15, 0.2) is 15.1 Å². The standard InChI is InChI=1S/C16H14ClNO6S/c1-11(16(19)24-10-12-2-4-13(17)5-3-12)25(22,23)15-8-6-14(7-9-15)18(20)21/h2-9,11H,10H2,1H3/t11-/m1/s1. The third kappa shape index (κ3) is 4.55. The predicted octanol–water partition coefficient (Wildman–Crippen LogP) is 3.15. The van der Waals surface area contributed by atoms with E-state index in [9.17, 15) is 23.3 Å². The number of hydrogen-bond acceptors (Lipinski definition) is 6. The van der Waals surface area contributed by atoms with E-state index in [4.69, 9.17) is 16.3 Å². The van der Waals surface area contributed by atoms with Gasteiger partial charge in [-0.05, 0) is 36.8 Å². The summed E-state index contributed by atoms with van der Waals surface area (Å²) < 4.78 is 29.9. The van der Waals surface area contributed by atoms with E-state index in [1.165, 1.54) is 6.92 Å².